The number of rotatable bonds is 2. The predicted molar refractivity (Wildman–Crippen MR) is 105 cm³/mol. The highest BCUT2D eigenvalue weighted by Crippen LogP contribution is 2.38. The highest BCUT2D eigenvalue weighted by Gasteiger charge is 2.60. The molecule has 27 heavy (non-hydrogen) atoms. The molecule has 0 saturated carbocycles. The van der Waals surface area contributed by atoms with E-state index in [1.807, 2.05) is 0 Å². The van der Waals surface area contributed by atoms with Gasteiger partial charge in [-0.3, -0.25) is 0 Å². The van der Waals surface area contributed by atoms with Crippen molar-refractivity contribution in [2.75, 3.05) is 0 Å². The van der Waals surface area contributed by atoms with Crippen LogP contribution in [0.15, 0.2) is 12.2 Å². The van der Waals surface area contributed by atoms with Crippen molar-refractivity contribution in [3.8, 4) is 0 Å². The Balaban J connectivity index is 1.39. The summed E-state index contributed by atoms with van der Waals surface area (Å²) < 4.78 is 13.4. The first-order chi connectivity index (χ1) is 13.1. The Bertz CT molecular complexity index is 584. The minimum absolute atomic E-state index is 0.120. The molecule has 0 radical (unpaired) electrons. The van der Waals surface area contributed by atoms with Gasteiger partial charge >= 0.3 is 0 Å². The van der Waals surface area contributed by atoms with Gasteiger partial charge in [-0.25, -0.2) is 10.6 Å². The average Bonchev–Trinajstić information content (AvgIpc) is 2.95. The number of nitrogens with one attached hydrogen (secondary N) is 3. The van der Waals surface area contributed by atoms with Gasteiger partial charge in [0, 0.05) is 25.7 Å². The molecule has 5 heteroatoms. The van der Waals surface area contributed by atoms with Gasteiger partial charge in [-0.05, 0) is 44.9 Å². The maximum absolute atomic E-state index is 6.71. The average molecular weight is 377 g/mol. The maximum atomic E-state index is 6.71. The molecule has 0 aromatic carbocycles. The van der Waals surface area contributed by atoms with Crippen molar-refractivity contribution in [1.82, 2.24) is 10.6 Å². The van der Waals surface area contributed by atoms with Crippen LogP contribution in [0.2, 0.25) is 0 Å². The quantitative estimate of drug-likeness (QED) is 0.647. The summed E-state index contributed by atoms with van der Waals surface area (Å²) in [5.41, 5.74) is -0.298. The number of ether oxygens (including phenoxy) is 2. The second-order valence-electron chi connectivity index (χ2n) is 9.66. The molecule has 5 nitrogen and oxygen atoms in total. The first-order valence-corrected chi connectivity index (χ1v) is 11.6. The van der Waals surface area contributed by atoms with Crippen molar-refractivity contribution >= 4 is 0 Å². The molecule has 2 unspecified atom stereocenters. The van der Waals surface area contributed by atoms with E-state index >= 15 is 0 Å². The van der Waals surface area contributed by atoms with Gasteiger partial charge in [0.15, 0.2) is 0 Å². The molecular formula is C22H38N3O2+. The summed E-state index contributed by atoms with van der Waals surface area (Å²) in [6, 6.07) is 1.44. The fourth-order valence-electron chi connectivity index (χ4n) is 6.65. The Morgan fingerprint density at radius 2 is 1.70 bits per heavy atom. The van der Waals surface area contributed by atoms with Gasteiger partial charge in [0.1, 0.15) is 11.4 Å². The van der Waals surface area contributed by atoms with Crippen molar-refractivity contribution in [1.29, 1.82) is 0 Å². The van der Waals surface area contributed by atoms with E-state index in [9.17, 15) is 0 Å². The second kappa shape index (κ2) is 7.10. The third kappa shape index (κ3) is 3.29. The van der Waals surface area contributed by atoms with Gasteiger partial charge in [-0.2, -0.15) is 0 Å². The van der Waals surface area contributed by atoms with Crippen LogP contribution in [0.3, 0.4) is 0 Å². The smallest absolute Gasteiger partial charge is 0.203 e. The van der Waals surface area contributed by atoms with Gasteiger partial charge in [-0.15, -0.1) is 0 Å². The van der Waals surface area contributed by atoms with Crippen LogP contribution in [0.5, 0.6) is 0 Å². The normalized spacial score (nSPS) is 52.1. The molecule has 8 atom stereocenters. The zero-order valence-electron chi connectivity index (χ0n) is 17.1. The van der Waals surface area contributed by atoms with E-state index in [0.717, 1.165) is 44.6 Å². The molecule has 5 aliphatic rings. The largest absolute Gasteiger partial charge is 0.357 e. The summed E-state index contributed by atoms with van der Waals surface area (Å²) in [5.74, 6) is 0. The number of hydrogen-bond donors (Lipinski definition) is 3. The summed E-state index contributed by atoms with van der Waals surface area (Å²) in [5, 5.41) is 7.98. The lowest BCUT2D eigenvalue weighted by molar-refractivity contribution is -0.982. The predicted octanol–water partition coefficient (Wildman–Crippen LogP) is 2.19. The van der Waals surface area contributed by atoms with Crippen molar-refractivity contribution in [2.45, 2.75) is 127 Å². The van der Waals surface area contributed by atoms with E-state index in [4.69, 9.17) is 9.47 Å². The Labute approximate surface area is 164 Å². The van der Waals surface area contributed by atoms with E-state index in [-0.39, 0.29) is 23.8 Å². The summed E-state index contributed by atoms with van der Waals surface area (Å²) in [4.78, 5) is 1.74. The Kier molecular flexibility index (Phi) is 4.88. The molecular weight excluding hydrogens is 338 g/mol. The highest BCUT2D eigenvalue weighted by atomic mass is 16.5. The van der Waals surface area contributed by atoms with Crippen molar-refractivity contribution in [3.05, 3.63) is 12.2 Å². The van der Waals surface area contributed by atoms with Gasteiger partial charge in [0.2, 0.25) is 6.29 Å². The zero-order chi connectivity index (χ0) is 18.5. The zero-order valence-corrected chi connectivity index (χ0v) is 17.1. The minimum atomic E-state index is -0.178. The molecule has 0 amide bonds. The van der Waals surface area contributed by atoms with Gasteiger partial charge < -0.3 is 14.4 Å². The third-order valence-corrected chi connectivity index (χ3v) is 7.91. The SMILES string of the molecule is CC[C@@H]1CCC[C@]2(C[C@H]3CC[C@H]4C[C@@]5(CCC=C[C@H](CC)O5)NC(N2)[NH+]34)O1. The molecule has 4 saturated heterocycles. The van der Waals surface area contributed by atoms with Gasteiger partial charge in [-0.1, -0.05) is 26.0 Å². The monoisotopic (exact) mass is 376 g/mol. The van der Waals surface area contributed by atoms with Crippen LogP contribution in [0.4, 0.5) is 0 Å². The minimum Gasteiger partial charge on any atom is -0.357 e. The second-order valence-corrected chi connectivity index (χ2v) is 9.66. The molecule has 0 aromatic rings. The van der Waals surface area contributed by atoms with E-state index in [1.54, 1.807) is 4.90 Å². The lowest BCUT2D eigenvalue weighted by Crippen LogP contribution is -3.27. The van der Waals surface area contributed by atoms with Crippen LogP contribution in [0, 0.1) is 0 Å². The summed E-state index contributed by atoms with van der Waals surface area (Å²) >= 11 is 0. The summed E-state index contributed by atoms with van der Waals surface area (Å²) in [7, 11) is 0. The number of allylic oxidation sites excluding steroid dienone is 1. The number of hydrogen-bond acceptors (Lipinski definition) is 4. The van der Waals surface area contributed by atoms with Crippen molar-refractivity contribution in [3.63, 3.8) is 0 Å². The molecule has 2 spiro atoms. The molecule has 0 bridgehead atoms. The van der Waals surface area contributed by atoms with E-state index in [1.165, 1.54) is 32.1 Å². The lowest BCUT2D eigenvalue weighted by atomic mass is 9.88. The van der Waals surface area contributed by atoms with Crippen molar-refractivity contribution in [2.24, 2.45) is 0 Å². The molecule has 4 fully saturated rings. The fraction of sp³-hybridized carbons (Fsp3) is 0.909. The standard InChI is InChI=1S/C22H37N3O2/c1-3-18-8-5-6-12-21(26-18)14-16-10-11-17-15-22(24-20(23-21)25(16)17)13-7-9-19(4-2)27-22/h5,8,16-20,23-24H,3-4,6-7,9-15H2,1-2H3/p+1/t16-,17+,18-,19+,20?,21-,22+/m0/s1. The van der Waals surface area contributed by atoms with Crippen LogP contribution in [-0.4, -0.2) is 42.0 Å². The van der Waals surface area contributed by atoms with E-state index in [0.29, 0.717) is 12.1 Å². The highest BCUT2D eigenvalue weighted by molar-refractivity contribution is 5.02. The first-order valence-electron chi connectivity index (χ1n) is 11.6. The topological polar surface area (TPSA) is 47.0 Å². The Morgan fingerprint density at radius 1 is 0.963 bits per heavy atom. The first kappa shape index (κ1) is 18.6. The summed E-state index contributed by atoms with van der Waals surface area (Å²) in [6.07, 6.45) is 18.6. The maximum Gasteiger partial charge on any atom is 0.203 e. The van der Waals surface area contributed by atoms with Crippen LogP contribution in [0.25, 0.3) is 0 Å². The summed E-state index contributed by atoms with van der Waals surface area (Å²) in [6.45, 7) is 4.50. The van der Waals surface area contributed by atoms with E-state index < -0.39 is 0 Å². The third-order valence-electron chi connectivity index (χ3n) is 7.91. The molecule has 0 aromatic heterocycles. The van der Waals surface area contributed by atoms with E-state index in [2.05, 4.69) is 36.6 Å². The Morgan fingerprint density at radius 3 is 2.41 bits per heavy atom. The van der Waals surface area contributed by atoms with Crippen LogP contribution >= 0.6 is 0 Å². The number of quaternary nitrogens is 1. The lowest BCUT2D eigenvalue weighted by Gasteiger charge is -2.56. The molecule has 0 aliphatic carbocycles. The van der Waals surface area contributed by atoms with Gasteiger partial charge in [0.25, 0.3) is 0 Å². The van der Waals surface area contributed by atoms with Crippen LogP contribution in [0.1, 0.15) is 84.5 Å². The van der Waals surface area contributed by atoms with Crippen molar-refractivity contribution < 1.29 is 14.4 Å². The molecule has 5 aliphatic heterocycles. The fourth-order valence-corrected chi connectivity index (χ4v) is 6.65. The van der Waals surface area contributed by atoms with Gasteiger partial charge in [0.05, 0.1) is 24.3 Å². The molecule has 5 rings (SSSR count). The van der Waals surface area contributed by atoms with Crippen LogP contribution < -0.4 is 15.5 Å². The Hall–Kier alpha value is -0.460. The molecule has 5 heterocycles. The molecule has 3 N–H and O–H groups in total. The van der Waals surface area contributed by atoms with Crippen LogP contribution in [-0.2, 0) is 9.47 Å². The molecule has 152 valence electrons.